The second-order valence-electron chi connectivity index (χ2n) is 4.12. The van der Waals surface area contributed by atoms with Crippen molar-refractivity contribution in [2.75, 3.05) is 5.32 Å². The van der Waals surface area contributed by atoms with Crippen LogP contribution in [0.3, 0.4) is 0 Å². The van der Waals surface area contributed by atoms with Gasteiger partial charge in [0.15, 0.2) is 0 Å². The Morgan fingerprint density at radius 1 is 1.24 bits per heavy atom. The van der Waals surface area contributed by atoms with Gasteiger partial charge in [-0.15, -0.1) is 0 Å². The average molecular weight is 232 g/mol. The van der Waals surface area contributed by atoms with E-state index in [0.29, 0.717) is 5.89 Å². The van der Waals surface area contributed by atoms with E-state index >= 15 is 0 Å². The molecule has 0 fully saturated rings. The van der Waals surface area contributed by atoms with Gasteiger partial charge in [-0.05, 0) is 27.7 Å². The van der Waals surface area contributed by atoms with Gasteiger partial charge in [-0.3, -0.25) is 0 Å². The van der Waals surface area contributed by atoms with E-state index in [-0.39, 0.29) is 6.04 Å². The molecule has 5 heteroatoms. The van der Waals surface area contributed by atoms with Gasteiger partial charge in [-0.1, -0.05) is 0 Å². The summed E-state index contributed by atoms with van der Waals surface area (Å²) in [6.45, 7) is 7.68. The van der Waals surface area contributed by atoms with Crippen LogP contribution in [0.15, 0.2) is 16.7 Å². The normalized spacial score (nSPS) is 12.5. The zero-order chi connectivity index (χ0) is 12.4. The molecule has 2 aromatic rings. The van der Waals surface area contributed by atoms with Crippen LogP contribution < -0.4 is 5.32 Å². The Hall–Kier alpha value is -1.91. The SMILES string of the molecule is Cc1cc(NC(C)c2ncc(C)o2)nc(C)n1. The van der Waals surface area contributed by atoms with E-state index < -0.39 is 0 Å². The maximum atomic E-state index is 5.46. The zero-order valence-corrected chi connectivity index (χ0v) is 10.5. The van der Waals surface area contributed by atoms with E-state index in [1.165, 1.54) is 0 Å². The Morgan fingerprint density at radius 3 is 2.59 bits per heavy atom. The van der Waals surface area contributed by atoms with Crippen molar-refractivity contribution in [3.05, 3.63) is 35.4 Å². The molecule has 5 nitrogen and oxygen atoms in total. The summed E-state index contributed by atoms with van der Waals surface area (Å²) in [5.74, 6) is 3.02. The van der Waals surface area contributed by atoms with Crippen LogP contribution in [0, 0.1) is 20.8 Å². The topological polar surface area (TPSA) is 63.8 Å². The molecule has 17 heavy (non-hydrogen) atoms. The number of oxazole rings is 1. The molecule has 0 amide bonds. The minimum Gasteiger partial charge on any atom is -0.444 e. The molecular weight excluding hydrogens is 216 g/mol. The number of nitrogens with one attached hydrogen (secondary N) is 1. The number of anilines is 1. The number of aromatic nitrogens is 3. The molecule has 0 radical (unpaired) electrons. The largest absolute Gasteiger partial charge is 0.444 e. The lowest BCUT2D eigenvalue weighted by atomic mass is 10.3. The zero-order valence-electron chi connectivity index (χ0n) is 10.5. The van der Waals surface area contributed by atoms with Crippen LogP contribution in [-0.2, 0) is 0 Å². The monoisotopic (exact) mass is 232 g/mol. The first-order valence-corrected chi connectivity index (χ1v) is 5.56. The highest BCUT2D eigenvalue weighted by atomic mass is 16.4. The summed E-state index contributed by atoms with van der Waals surface area (Å²) >= 11 is 0. The molecule has 90 valence electrons. The predicted molar refractivity (Wildman–Crippen MR) is 64.8 cm³/mol. The van der Waals surface area contributed by atoms with Crippen LogP contribution in [0.4, 0.5) is 5.82 Å². The van der Waals surface area contributed by atoms with Crippen LogP contribution in [-0.4, -0.2) is 15.0 Å². The molecule has 0 aliphatic carbocycles. The molecule has 0 aromatic carbocycles. The van der Waals surface area contributed by atoms with Crippen molar-refractivity contribution in [3.8, 4) is 0 Å². The number of nitrogens with zero attached hydrogens (tertiary/aromatic N) is 3. The van der Waals surface area contributed by atoms with Crippen LogP contribution >= 0.6 is 0 Å². The van der Waals surface area contributed by atoms with Gasteiger partial charge in [-0.25, -0.2) is 15.0 Å². The van der Waals surface area contributed by atoms with E-state index in [1.54, 1.807) is 6.20 Å². The number of hydrogen-bond acceptors (Lipinski definition) is 5. The molecule has 1 atom stereocenters. The maximum absolute atomic E-state index is 5.46. The van der Waals surface area contributed by atoms with Crippen molar-refractivity contribution < 1.29 is 4.42 Å². The van der Waals surface area contributed by atoms with Gasteiger partial charge in [0.2, 0.25) is 5.89 Å². The third kappa shape index (κ3) is 2.81. The minimum absolute atomic E-state index is 0.0163. The second kappa shape index (κ2) is 4.53. The van der Waals surface area contributed by atoms with Crippen molar-refractivity contribution in [2.24, 2.45) is 0 Å². The van der Waals surface area contributed by atoms with Gasteiger partial charge < -0.3 is 9.73 Å². The summed E-state index contributed by atoms with van der Waals surface area (Å²) in [5.41, 5.74) is 0.941. The summed E-state index contributed by atoms with van der Waals surface area (Å²) in [4.78, 5) is 12.7. The van der Waals surface area contributed by atoms with Gasteiger partial charge in [0.1, 0.15) is 23.4 Å². The highest BCUT2D eigenvalue weighted by Gasteiger charge is 2.12. The lowest BCUT2D eigenvalue weighted by molar-refractivity contribution is 0.453. The Morgan fingerprint density at radius 2 is 2.00 bits per heavy atom. The Kier molecular flexibility index (Phi) is 3.08. The fourth-order valence-corrected chi connectivity index (χ4v) is 1.65. The summed E-state index contributed by atoms with van der Waals surface area (Å²) < 4.78 is 5.46. The molecule has 0 saturated carbocycles. The highest BCUT2D eigenvalue weighted by Crippen LogP contribution is 2.17. The molecule has 2 aromatic heterocycles. The van der Waals surface area contributed by atoms with E-state index in [2.05, 4.69) is 20.3 Å². The number of aryl methyl sites for hydroxylation is 3. The van der Waals surface area contributed by atoms with Gasteiger partial charge >= 0.3 is 0 Å². The summed E-state index contributed by atoms with van der Waals surface area (Å²) in [6, 6.07) is 1.89. The second-order valence-corrected chi connectivity index (χ2v) is 4.12. The van der Waals surface area contributed by atoms with Gasteiger partial charge in [0.25, 0.3) is 0 Å². The first-order valence-electron chi connectivity index (χ1n) is 5.56. The lowest BCUT2D eigenvalue weighted by Gasteiger charge is -2.11. The molecule has 0 bridgehead atoms. The van der Waals surface area contributed by atoms with Crippen molar-refractivity contribution in [1.29, 1.82) is 0 Å². The maximum Gasteiger partial charge on any atom is 0.216 e. The fourth-order valence-electron chi connectivity index (χ4n) is 1.65. The molecule has 0 saturated heterocycles. The summed E-state index contributed by atoms with van der Waals surface area (Å²) in [5, 5.41) is 3.25. The van der Waals surface area contributed by atoms with E-state index in [9.17, 15) is 0 Å². The van der Waals surface area contributed by atoms with E-state index in [0.717, 1.165) is 23.1 Å². The van der Waals surface area contributed by atoms with Crippen molar-refractivity contribution in [3.63, 3.8) is 0 Å². The van der Waals surface area contributed by atoms with Crippen LogP contribution in [0.1, 0.15) is 36.1 Å². The number of rotatable bonds is 3. The Labute approximate surface area is 100 Å². The average Bonchev–Trinajstić information content (AvgIpc) is 2.63. The predicted octanol–water partition coefficient (Wildman–Crippen LogP) is 2.56. The quantitative estimate of drug-likeness (QED) is 0.881. The highest BCUT2D eigenvalue weighted by molar-refractivity contribution is 5.37. The first-order chi connectivity index (χ1) is 8.04. The molecular formula is C12H16N4O. The van der Waals surface area contributed by atoms with Crippen LogP contribution in [0.2, 0.25) is 0 Å². The molecule has 1 unspecified atom stereocenters. The third-order valence-corrected chi connectivity index (χ3v) is 2.34. The van der Waals surface area contributed by atoms with Crippen molar-refractivity contribution in [2.45, 2.75) is 33.7 Å². The summed E-state index contributed by atoms with van der Waals surface area (Å²) in [7, 11) is 0. The molecule has 0 aliphatic heterocycles. The lowest BCUT2D eigenvalue weighted by Crippen LogP contribution is -2.09. The van der Waals surface area contributed by atoms with E-state index in [1.807, 2.05) is 33.8 Å². The van der Waals surface area contributed by atoms with Gasteiger partial charge in [0.05, 0.1) is 6.20 Å². The molecule has 2 heterocycles. The molecule has 0 spiro atoms. The van der Waals surface area contributed by atoms with Crippen molar-refractivity contribution in [1.82, 2.24) is 15.0 Å². The fraction of sp³-hybridized carbons (Fsp3) is 0.417. The Bertz CT molecular complexity index is 501. The molecule has 0 aliphatic rings. The van der Waals surface area contributed by atoms with E-state index in [4.69, 9.17) is 4.42 Å². The Balaban J connectivity index is 2.15. The standard InChI is InChI=1S/C12H16N4O/c1-7-5-11(16-10(4)14-7)15-9(3)12-13-6-8(2)17-12/h5-6,9H,1-4H3,(H,14,15,16). The van der Waals surface area contributed by atoms with Crippen LogP contribution in [0.5, 0.6) is 0 Å². The van der Waals surface area contributed by atoms with Crippen molar-refractivity contribution >= 4 is 5.82 Å². The minimum atomic E-state index is -0.0163. The van der Waals surface area contributed by atoms with Crippen LogP contribution in [0.25, 0.3) is 0 Å². The first kappa shape index (κ1) is 11.6. The van der Waals surface area contributed by atoms with Gasteiger partial charge in [-0.2, -0.15) is 0 Å². The smallest absolute Gasteiger partial charge is 0.216 e. The van der Waals surface area contributed by atoms with Gasteiger partial charge in [0, 0.05) is 11.8 Å². The number of hydrogen-bond donors (Lipinski definition) is 1. The summed E-state index contributed by atoms with van der Waals surface area (Å²) in [6.07, 6.45) is 1.71. The molecule has 2 rings (SSSR count). The third-order valence-electron chi connectivity index (χ3n) is 2.34. The molecule has 1 N–H and O–H groups in total.